The highest BCUT2D eigenvalue weighted by atomic mass is 16.2. The zero-order valence-electron chi connectivity index (χ0n) is 15.4. The summed E-state index contributed by atoms with van der Waals surface area (Å²) in [6.45, 7) is 3.33. The van der Waals surface area contributed by atoms with Crippen LogP contribution in [0.2, 0.25) is 0 Å². The summed E-state index contributed by atoms with van der Waals surface area (Å²) >= 11 is 0. The van der Waals surface area contributed by atoms with Crippen LogP contribution < -0.4 is 5.32 Å². The average Bonchev–Trinajstić information content (AvgIpc) is 3.18. The highest BCUT2D eigenvalue weighted by Gasteiger charge is 2.40. The van der Waals surface area contributed by atoms with Crippen molar-refractivity contribution in [2.75, 3.05) is 19.6 Å². The number of carbonyl (C=O) groups is 3. The van der Waals surface area contributed by atoms with Crippen molar-refractivity contribution in [3.8, 4) is 0 Å². The quantitative estimate of drug-likeness (QED) is 0.808. The van der Waals surface area contributed by atoms with Gasteiger partial charge in [0.15, 0.2) is 0 Å². The number of hydrogen-bond donors (Lipinski definition) is 2. The molecule has 3 heterocycles. The van der Waals surface area contributed by atoms with E-state index in [1.807, 2.05) is 30.5 Å². The molecule has 2 aromatic rings. The Bertz CT molecular complexity index is 890. The molecule has 2 unspecified atom stereocenters. The van der Waals surface area contributed by atoms with Gasteiger partial charge in [0.1, 0.15) is 12.6 Å². The molecular weight excluding hydrogens is 344 g/mol. The lowest BCUT2D eigenvalue weighted by molar-refractivity contribution is -0.138. The fourth-order valence-electron chi connectivity index (χ4n) is 4.04. The molecule has 27 heavy (non-hydrogen) atoms. The molecule has 2 saturated heterocycles. The van der Waals surface area contributed by atoms with Gasteiger partial charge in [0.25, 0.3) is 5.91 Å². The summed E-state index contributed by atoms with van der Waals surface area (Å²) in [5, 5.41) is 3.76. The van der Waals surface area contributed by atoms with E-state index in [1.165, 1.54) is 0 Å². The fourth-order valence-corrected chi connectivity index (χ4v) is 4.04. The number of hydrogen-bond acceptors (Lipinski definition) is 3. The van der Waals surface area contributed by atoms with Crippen molar-refractivity contribution in [1.29, 1.82) is 0 Å². The highest BCUT2D eigenvalue weighted by Crippen LogP contribution is 2.21. The van der Waals surface area contributed by atoms with Crippen molar-refractivity contribution in [3.05, 3.63) is 36.0 Å². The van der Waals surface area contributed by atoms with Crippen molar-refractivity contribution in [2.24, 2.45) is 5.92 Å². The van der Waals surface area contributed by atoms with Gasteiger partial charge in [-0.2, -0.15) is 0 Å². The Morgan fingerprint density at radius 3 is 2.89 bits per heavy atom. The predicted molar refractivity (Wildman–Crippen MR) is 101 cm³/mol. The fraction of sp³-hybridized carbons (Fsp3) is 0.450. The van der Waals surface area contributed by atoms with Gasteiger partial charge < -0.3 is 15.2 Å². The van der Waals surface area contributed by atoms with Crippen molar-refractivity contribution >= 4 is 28.7 Å². The first kappa shape index (κ1) is 17.6. The van der Waals surface area contributed by atoms with Gasteiger partial charge >= 0.3 is 6.03 Å². The van der Waals surface area contributed by atoms with Crippen molar-refractivity contribution in [1.82, 2.24) is 20.1 Å². The molecule has 1 aromatic carbocycles. The van der Waals surface area contributed by atoms with Crippen molar-refractivity contribution in [2.45, 2.75) is 32.2 Å². The molecule has 142 valence electrons. The van der Waals surface area contributed by atoms with Gasteiger partial charge in [-0.3, -0.25) is 14.5 Å². The third-order valence-electron chi connectivity index (χ3n) is 5.51. The molecule has 2 fully saturated rings. The number of nitrogens with one attached hydrogen (secondary N) is 2. The van der Waals surface area contributed by atoms with E-state index in [4.69, 9.17) is 0 Å². The first-order valence-electron chi connectivity index (χ1n) is 9.47. The molecule has 2 aliphatic heterocycles. The molecule has 0 saturated carbocycles. The summed E-state index contributed by atoms with van der Waals surface area (Å²) in [6.07, 6.45) is 4.35. The lowest BCUT2D eigenvalue weighted by atomic mass is 10.0. The van der Waals surface area contributed by atoms with Crippen LogP contribution in [-0.2, 0) is 16.0 Å². The van der Waals surface area contributed by atoms with E-state index >= 15 is 0 Å². The smallest absolute Gasteiger partial charge is 0.325 e. The van der Waals surface area contributed by atoms with Gasteiger partial charge in [-0.25, -0.2) is 4.79 Å². The number of nitrogens with zero attached hydrogens (tertiary/aromatic N) is 2. The maximum Gasteiger partial charge on any atom is 0.325 e. The number of rotatable bonds is 4. The number of H-pyrrole nitrogens is 1. The number of likely N-dealkylation sites (tertiary alicyclic amines) is 1. The number of benzene rings is 1. The molecule has 0 radical (unpaired) electrons. The second kappa shape index (κ2) is 7.06. The number of aromatic amines is 1. The Labute approximate surface area is 157 Å². The molecule has 2 atom stereocenters. The standard InChI is InChI=1S/C20H24N4O3/c1-13-5-4-8-23(11-13)18(25)12-24-19(26)17(22-20(24)27)9-14-10-21-16-7-3-2-6-15(14)16/h2-3,6-7,10,13,17,21H,4-5,8-9,11-12H2,1H3,(H,22,27). The van der Waals surface area contributed by atoms with Gasteiger partial charge in [0.2, 0.25) is 5.91 Å². The zero-order chi connectivity index (χ0) is 19.0. The third-order valence-corrected chi connectivity index (χ3v) is 5.51. The number of imide groups is 1. The van der Waals surface area contributed by atoms with E-state index in [0.717, 1.165) is 34.2 Å². The van der Waals surface area contributed by atoms with Gasteiger partial charge in [0.05, 0.1) is 0 Å². The Hall–Kier alpha value is -2.83. The monoisotopic (exact) mass is 368 g/mol. The highest BCUT2D eigenvalue weighted by molar-refractivity contribution is 6.06. The summed E-state index contributed by atoms with van der Waals surface area (Å²) in [7, 11) is 0. The number of para-hydroxylation sites is 1. The second-order valence-corrected chi connectivity index (χ2v) is 7.58. The number of urea groups is 1. The molecule has 0 bridgehead atoms. The van der Waals surface area contributed by atoms with E-state index in [1.54, 1.807) is 4.90 Å². The number of piperidine rings is 1. The summed E-state index contributed by atoms with van der Waals surface area (Å²) in [5.74, 6) is -0.0260. The van der Waals surface area contributed by atoms with Crippen molar-refractivity contribution < 1.29 is 14.4 Å². The van der Waals surface area contributed by atoms with Crippen LogP contribution in [0.1, 0.15) is 25.3 Å². The van der Waals surface area contributed by atoms with Gasteiger partial charge in [-0.05, 0) is 30.4 Å². The topological polar surface area (TPSA) is 85.5 Å². The average molecular weight is 368 g/mol. The van der Waals surface area contributed by atoms with E-state index in [-0.39, 0.29) is 18.4 Å². The van der Waals surface area contributed by atoms with Crippen LogP contribution in [0.3, 0.4) is 0 Å². The Morgan fingerprint density at radius 1 is 1.26 bits per heavy atom. The molecule has 1 aromatic heterocycles. The number of amides is 4. The molecule has 0 spiro atoms. The van der Waals surface area contributed by atoms with Crippen LogP contribution in [0.25, 0.3) is 10.9 Å². The summed E-state index contributed by atoms with van der Waals surface area (Å²) in [4.78, 5) is 43.5. The lowest BCUT2D eigenvalue weighted by Crippen LogP contribution is -2.46. The Morgan fingerprint density at radius 2 is 2.07 bits per heavy atom. The normalized spacial score (nSPS) is 23.1. The molecule has 4 rings (SSSR count). The largest absolute Gasteiger partial charge is 0.361 e. The van der Waals surface area contributed by atoms with Crippen LogP contribution >= 0.6 is 0 Å². The minimum atomic E-state index is -0.634. The van der Waals surface area contributed by atoms with E-state index in [2.05, 4.69) is 17.2 Å². The molecule has 7 heteroatoms. The molecule has 2 N–H and O–H groups in total. The first-order valence-corrected chi connectivity index (χ1v) is 9.47. The number of aromatic nitrogens is 1. The molecule has 2 aliphatic rings. The molecule has 7 nitrogen and oxygen atoms in total. The summed E-state index contributed by atoms with van der Waals surface area (Å²) in [5.41, 5.74) is 1.97. The van der Waals surface area contributed by atoms with Crippen LogP contribution in [0.5, 0.6) is 0 Å². The second-order valence-electron chi connectivity index (χ2n) is 7.58. The molecule has 0 aliphatic carbocycles. The minimum Gasteiger partial charge on any atom is -0.361 e. The molecular formula is C20H24N4O3. The van der Waals surface area contributed by atoms with Crippen molar-refractivity contribution in [3.63, 3.8) is 0 Å². The summed E-state index contributed by atoms with van der Waals surface area (Å²) < 4.78 is 0. The SMILES string of the molecule is CC1CCCN(C(=O)CN2C(=O)NC(Cc3c[nH]c4ccccc34)C2=O)C1. The predicted octanol–water partition coefficient (Wildman–Crippen LogP) is 1.89. The van der Waals surface area contributed by atoms with Gasteiger partial charge in [-0.1, -0.05) is 25.1 Å². The first-order chi connectivity index (χ1) is 13.0. The van der Waals surface area contributed by atoms with Crippen LogP contribution in [-0.4, -0.2) is 58.3 Å². The zero-order valence-corrected chi connectivity index (χ0v) is 15.4. The third kappa shape index (κ3) is 3.41. The summed E-state index contributed by atoms with van der Waals surface area (Å²) in [6, 6.07) is 6.73. The maximum absolute atomic E-state index is 12.7. The van der Waals surface area contributed by atoms with Crippen LogP contribution in [0.15, 0.2) is 30.5 Å². The Kier molecular flexibility index (Phi) is 4.59. The lowest BCUT2D eigenvalue weighted by Gasteiger charge is -2.31. The minimum absolute atomic E-state index is 0.155. The molecule has 4 amide bonds. The van der Waals surface area contributed by atoms with Crippen LogP contribution in [0.4, 0.5) is 4.79 Å². The maximum atomic E-state index is 12.7. The Balaban J connectivity index is 1.43. The van der Waals surface area contributed by atoms with Gasteiger partial charge in [0, 0.05) is 36.6 Å². The number of carbonyl (C=O) groups excluding carboxylic acids is 3. The van der Waals surface area contributed by atoms with E-state index < -0.39 is 12.1 Å². The van der Waals surface area contributed by atoms with E-state index in [9.17, 15) is 14.4 Å². The van der Waals surface area contributed by atoms with Gasteiger partial charge in [-0.15, -0.1) is 0 Å². The van der Waals surface area contributed by atoms with E-state index in [0.29, 0.717) is 25.4 Å². The number of fused-ring (bicyclic) bond motifs is 1. The van der Waals surface area contributed by atoms with Crippen LogP contribution in [0, 0.1) is 5.92 Å².